The predicted molar refractivity (Wildman–Crippen MR) is 79.3 cm³/mol. The molecule has 120 valence electrons. The van der Waals surface area contributed by atoms with E-state index in [0.29, 0.717) is 32.8 Å². The van der Waals surface area contributed by atoms with E-state index in [1.165, 1.54) is 6.07 Å². The van der Waals surface area contributed by atoms with Gasteiger partial charge in [0.15, 0.2) is 0 Å². The van der Waals surface area contributed by atoms with E-state index in [1.807, 2.05) is 0 Å². The molecule has 2 aliphatic heterocycles. The van der Waals surface area contributed by atoms with Gasteiger partial charge in [-0.05, 0) is 17.7 Å². The Morgan fingerprint density at radius 1 is 1.36 bits per heavy atom. The molecule has 0 spiro atoms. The number of hydrogen-bond acceptors (Lipinski definition) is 4. The van der Waals surface area contributed by atoms with Gasteiger partial charge in [0.25, 0.3) is 5.91 Å². The van der Waals surface area contributed by atoms with Gasteiger partial charge < -0.3 is 19.7 Å². The van der Waals surface area contributed by atoms with Gasteiger partial charge in [-0.1, -0.05) is 17.7 Å². The molecule has 0 saturated carbocycles. The number of amides is 1. The second-order valence-electron chi connectivity index (χ2n) is 5.38. The summed E-state index contributed by atoms with van der Waals surface area (Å²) in [5.41, 5.74) is 0.770. The standard InChI is InChI=1S/C15H18ClFN2O3/c16-11-7-10(1-2-12(11)17)14-9-19(4-6-22-14)15(20)13-8-18-3-5-21-13/h1-2,7,13-14,18H,3-6,8-9H2. The molecule has 0 radical (unpaired) electrons. The number of nitrogens with zero attached hydrogens (tertiary/aromatic N) is 1. The minimum atomic E-state index is -0.462. The van der Waals surface area contributed by atoms with Gasteiger partial charge >= 0.3 is 0 Å². The number of nitrogens with one attached hydrogen (secondary N) is 1. The lowest BCUT2D eigenvalue weighted by atomic mass is 10.1. The van der Waals surface area contributed by atoms with Crippen molar-refractivity contribution in [3.63, 3.8) is 0 Å². The summed E-state index contributed by atoms with van der Waals surface area (Å²) in [5.74, 6) is -0.496. The van der Waals surface area contributed by atoms with Crippen LogP contribution in [-0.4, -0.2) is 56.3 Å². The first-order valence-corrected chi connectivity index (χ1v) is 7.70. The Balaban J connectivity index is 1.68. The van der Waals surface area contributed by atoms with Crippen molar-refractivity contribution in [3.8, 4) is 0 Å². The lowest BCUT2D eigenvalue weighted by Gasteiger charge is -2.36. The Hall–Kier alpha value is -1.21. The molecule has 5 nitrogen and oxygen atoms in total. The number of ether oxygens (including phenoxy) is 2. The fourth-order valence-corrected chi connectivity index (χ4v) is 2.88. The lowest BCUT2D eigenvalue weighted by molar-refractivity contribution is -0.152. The largest absolute Gasteiger partial charge is 0.370 e. The van der Waals surface area contributed by atoms with E-state index in [0.717, 1.165) is 12.1 Å². The van der Waals surface area contributed by atoms with Crippen LogP contribution in [0, 0.1) is 5.82 Å². The third-order valence-electron chi connectivity index (χ3n) is 3.90. The Kier molecular flexibility index (Phi) is 4.93. The second kappa shape index (κ2) is 6.91. The molecule has 2 fully saturated rings. The van der Waals surface area contributed by atoms with Gasteiger partial charge in [0.1, 0.15) is 18.0 Å². The van der Waals surface area contributed by atoms with Crippen LogP contribution < -0.4 is 5.32 Å². The van der Waals surface area contributed by atoms with Crippen molar-refractivity contribution >= 4 is 17.5 Å². The summed E-state index contributed by atoms with van der Waals surface area (Å²) in [5, 5.41) is 3.21. The second-order valence-corrected chi connectivity index (χ2v) is 5.79. The molecule has 3 rings (SSSR count). The monoisotopic (exact) mass is 328 g/mol. The minimum Gasteiger partial charge on any atom is -0.370 e. The van der Waals surface area contributed by atoms with Crippen LogP contribution in [0.4, 0.5) is 4.39 Å². The number of halogens is 2. The van der Waals surface area contributed by atoms with Crippen LogP contribution >= 0.6 is 11.6 Å². The molecule has 0 aliphatic carbocycles. The van der Waals surface area contributed by atoms with E-state index in [1.54, 1.807) is 17.0 Å². The van der Waals surface area contributed by atoms with E-state index in [4.69, 9.17) is 21.1 Å². The summed E-state index contributed by atoms with van der Waals surface area (Å²) >= 11 is 5.81. The van der Waals surface area contributed by atoms with Crippen molar-refractivity contribution < 1.29 is 18.7 Å². The summed E-state index contributed by atoms with van der Waals surface area (Å²) in [6, 6.07) is 4.50. The summed E-state index contributed by atoms with van der Waals surface area (Å²) in [6.45, 7) is 3.22. The average Bonchev–Trinajstić information content (AvgIpc) is 2.57. The Bertz CT molecular complexity index is 552. The van der Waals surface area contributed by atoms with Gasteiger partial charge in [-0.25, -0.2) is 4.39 Å². The van der Waals surface area contributed by atoms with E-state index >= 15 is 0 Å². The van der Waals surface area contributed by atoms with Crippen LogP contribution in [0.15, 0.2) is 18.2 Å². The molecule has 1 aromatic rings. The normalized spacial score (nSPS) is 26.0. The van der Waals surface area contributed by atoms with Gasteiger partial charge in [-0.15, -0.1) is 0 Å². The number of rotatable bonds is 2. The van der Waals surface area contributed by atoms with Gasteiger partial charge in [-0.2, -0.15) is 0 Å². The molecule has 2 atom stereocenters. The van der Waals surface area contributed by atoms with Crippen LogP contribution in [0.2, 0.25) is 5.02 Å². The zero-order valence-corrected chi connectivity index (χ0v) is 12.8. The molecule has 1 N–H and O–H groups in total. The Morgan fingerprint density at radius 3 is 2.95 bits per heavy atom. The number of benzene rings is 1. The molecule has 22 heavy (non-hydrogen) atoms. The highest BCUT2D eigenvalue weighted by atomic mass is 35.5. The van der Waals surface area contributed by atoms with E-state index in [-0.39, 0.29) is 17.0 Å². The summed E-state index contributed by atoms with van der Waals surface area (Å²) in [4.78, 5) is 14.2. The zero-order valence-electron chi connectivity index (χ0n) is 12.1. The molecule has 0 aromatic heterocycles. The maximum atomic E-state index is 13.3. The Morgan fingerprint density at radius 2 is 2.23 bits per heavy atom. The molecule has 2 heterocycles. The van der Waals surface area contributed by atoms with Crippen LogP contribution in [0.1, 0.15) is 11.7 Å². The predicted octanol–water partition coefficient (Wildman–Crippen LogP) is 1.37. The zero-order chi connectivity index (χ0) is 15.5. The fraction of sp³-hybridized carbons (Fsp3) is 0.533. The fourth-order valence-electron chi connectivity index (χ4n) is 2.69. The lowest BCUT2D eigenvalue weighted by Crippen LogP contribution is -2.52. The first-order chi connectivity index (χ1) is 10.6. The van der Waals surface area contributed by atoms with Crippen molar-refractivity contribution in [3.05, 3.63) is 34.6 Å². The van der Waals surface area contributed by atoms with Gasteiger partial charge in [0.2, 0.25) is 0 Å². The van der Waals surface area contributed by atoms with Crippen molar-refractivity contribution in [2.75, 3.05) is 39.4 Å². The van der Waals surface area contributed by atoms with Crippen molar-refractivity contribution in [1.29, 1.82) is 0 Å². The van der Waals surface area contributed by atoms with Gasteiger partial charge in [0, 0.05) is 19.6 Å². The molecule has 1 aromatic carbocycles. The van der Waals surface area contributed by atoms with Crippen LogP contribution in [-0.2, 0) is 14.3 Å². The highest BCUT2D eigenvalue weighted by Crippen LogP contribution is 2.26. The van der Waals surface area contributed by atoms with Crippen LogP contribution in [0.3, 0.4) is 0 Å². The summed E-state index contributed by atoms with van der Waals surface area (Å²) < 4.78 is 24.5. The van der Waals surface area contributed by atoms with Crippen LogP contribution in [0.25, 0.3) is 0 Å². The topological polar surface area (TPSA) is 50.8 Å². The first kappa shape index (κ1) is 15.7. The third-order valence-corrected chi connectivity index (χ3v) is 4.19. The highest BCUT2D eigenvalue weighted by Gasteiger charge is 2.31. The van der Waals surface area contributed by atoms with Gasteiger partial charge in [-0.3, -0.25) is 4.79 Å². The molecular formula is C15H18ClFN2O3. The van der Waals surface area contributed by atoms with Crippen LogP contribution in [0.5, 0.6) is 0 Å². The highest BCUT2D eigenvalue weighted by molar-refractivity contribution is 6.30. The molecule has 2 unspecified atom stereocenters. The number of morpholine rings is 2. The van der Waals surface area contributed by atoms with E-state index in [2.05, 4.69) is 5.32 Å². The molecule has 7 heteroatoms. The minimum absolute atomic E-state index is 0.0336. The molecular weight excluding hydrogens is 311 g/mol. The van der Waals surface area contributed by atoms with Crippen molar-refractivity contribution in [1.82, 2.24) is 10.2 Å². The van der Waals surface area contributed by atoms with E-state index < -0.39 is 11.9 Å². The molecule has 2 saturated heterocycles. The number of hydrogen-bond donors (Lipinski definition) is 1. The summed E-state index contributed by atoms with van der Waals surface area (Å²) in [6.07, 6.45) is -0.739. The Labute approximate surface area is 133 Å². The molecule has 1 amide bonds. The maximum absolute atomic E-state index is 13.3. The summed E-state index contributed by atoms with van der Waals surface area (Å²) in [7, 11) is 0. The third kappa shape index (κ3) is 3.41. The van der Waals surface area contributed by atoms with E-state index in [9.17, 15) is 9.18 Å². The average molecular weight is 329 g/mol. The SMILES string of the molecule is O=C(C1CNCCO1)N1CCOC(c2ccc(F)c(Cl)c2)C1. The molecule has 0 bridgehead atoms. The first-order valence-electron chi connectivity index (χ1n) is 7.33. The smallest absolute Gasteiger partial charge is 0.253 e. The van der Waals surface area contributed by atoms with Gasteiger partial charge in [0.05, 0.1) is 24.8 Å². The van der Waals surface area contributed by atoms with Crippen molar-refractivity contribution in [2.24, 2.45) is 0 Å². The molecule has 2 aliphatic rings. The number of carbonyl (C=O) groups is 1. The van der Waals surface area contributed by atoms with Crippen molar-refractivity contribution in [2.45, 2.75) is 12.2 Å². The maximum Gasteiger partial charge on any atom is 0.253 e. The quantitative estimate of drug-likeness (QED) is 0.891. The number of carbonyl (C=O) groups excluding carboxylic acids is 1.